The van der Waals surface area contributed by atoms with E-state index in [9.17, 15) is 0 Å². The molecule has 0 unspecified atom stereocenters. The maximum Gasteiger partial charge on any atom is 4.00 e. The van der Waals surface area contributed by atoms with E-state index in [0.717, 1.165) is 0 Å². The van der Waals surface area contributed by atoms with Gasteiger partial charge in [0.25, 0.3) is 0 Å². The fourth-order valence-electron chi connectivity index (χ4n) is 0. The van der Waals surface area contributed by atoms with Crippen LogP contribution in [0.2, 0.25) is 0 Å². The summed E-state index contributed by atoms with van der Waals surface area (Å²) in [6, 6.07) is 0. The second kappa shape index (κ2) is 51.0. The quantitative estimate of drug-likeness (QED) is 0.358. The van der Waals surface area contributed by atoms with E-state index in [0.29, 0.717) is 0 Å². The zero-order valence-corrected chi connectivity index (χ0v) is 13.9. The Morgan fingerprint density at radius 2 is 0.429 bits per heavy atom. The maximum atomic E-state index is 0. The Morgan fingerprint density at radius 1 is 0.429 bits per heavy atom. The summed E-state index contributed by atoms with van der Waals surface area (Å²) in [5.74, 6) is 0. The van der Waals surface area contributed by atoms with Gasteiger partial charge in [0, 0.05) is 0 Å². The van der Waals surface area contributed by atoms with Gasteiger partial charge in [-0.2, -0.15) is 0 Å². The molecule has 0 saturated carbocycles. The molecule has 0 radical (unpaired) electrons. The molecule has 0 amide bonds. The van der Waals surface area contributed by atoms with Crippen molar-refractivity contribution in [2.24, 2.45) is 0 Å². The number of halogens is 5. The molecule has 0 aliphatic carbocycles. The summed E-state index contributed by atoms with van der Waals surface area (Å²) in [6.45, 7) is 0. The minimum absolute atomic E-state index is 0. The van der Waals surface area contributed by atoms with Crippen LogP contribution >= 0.6 is 0 Å². The molecule has 40 valence electrons. The van der Waals surface area contributed by atoms with E-state index in [1.807, 2.05) is 0 Å². The SMILES string of the molecule is [Cl-].[Cl-].[Cl-].[Cl-].[Cl-].[Hf+4].[K+]. The van der Waals surface area contributed by atoms with E-state index < -0.39 is 0 Å². The van der Waals surface area contributed by atoms with Gasteiger partial charge in [-0.15, -0.1) is 0 Å². The zero-order chi connectivity index (χ0) is 0. The molecule has 0 aliphatic rings. The molecule has 0 saturated heterocycles. The van der Waals surface area contributed by atoms with Gasteiger partial charge < -0.3 is 62.0 Å². The Bertz CT molecular complexity index is 8.04. The van der Waals surface area contributed by atoms with Gasteiger partial charge in [-0.25, -0.2) is 0 Å². The van der Waals surface area contributed by atoms with Crippen LogP contribution in [0.1, 0.15) is 0 Å². The predicted octanol–water partition coefficient (Wildman–Crippen LogP) is -18.0. The predicted molar refractivity (Wildman–Crippen MR) is 0 cm³/mol. The molecule has 0 fully saturated rings. The summed E-state index contributed by atoms with van der Waals surface area (Å²) in [5.41, 5.74) is 0. The van der Waals surface area contributed by atoms with Crippen LogP contribution in [-0.2, 0) is 25.8 Å². The van der Waals surface area contributed by atoms with E-state index in [1.54, 1.807) is 0 Å². The van der Waals surface area contributed by atoms with Crippen LogP contribution in [0, 0.1) is 0 Å². The summed E-state index contributed by atoms with van der Waals surface area (Å²) in [5, 5.41) is 0. The number of hydrogen-bond acceptors (Lipinski definition) is 0. The Morgan fingerprint density at radius 3 is 0.429 bits per heavy atom. The summed E-state index contributed by atoms with van der Waals surface area (Å²) in [7, 11) is 0. The Kier molecular flexibility index (Phi) is 506. The topological polar surface area (TPSA) is 0 Å². The van der Waals surface area contributed by atoms with Crippen LogP contribution in [0.3, 0.4) is 0 Å². The van der Waals surface area contributed by atoms with Crippen LogP contribution < -0.4 is 113 Å². The molecular formula is Cl5HfK. The van der Waals surface area contributed by atoms with Crippen molar-refractivity contribution < 1.29 is 139 Å². The molecule has 0 aromatic carbocycles. The average Bonchev–Trinajstić information content (AvgIpc) is 0. The first-order valence-electron chi connectivity index (χ1n) is 0. The van der Waals surface area contributed by atoms with Gasteiger partial charge >= 0.3 is 77.2 Å². The van der Waals surface area contributed by atoms with Crippen molar-refractivity contribution >= 4 is 0 Å². The van der Waals surface area contributed by atoms with Gasteiger partial charge in [0.05, 0.1) is 0 Å². The molecular weight excluding hydrogens is 395 g/mol. The normalized spacial score (nSPS) is 0. The summed E-state index contributed by atoms with van der Waals surface area (Å²) in [6.07, 6.45) is 0. The van der Waals surface area contributed by atoms with Gasteiger partial charge in [-0.3, -0.25) is 0 Å². The van der Waals surface area contributed by atoms with E-state index >= 15 is 0 Å². The molecule has 7 heavy (non-hydrogen) atoms. The molecule has 0 aromatic heterocycles. The van der Waals surface area contributed by atoms with Crippen molar-refractivity contribution in [2.45, 2.75) is 0 Å². The molecule has 0 aromatic rings. The Labute approximate surface area is 136 Å². The van der Waals surface area contributed by atoms with E-state index in [-0.39, 0.29) is 139 Å². The van der Waals surface area contributed by atoms with Gasteiger partial charge in [0.1, 0.15) is 0 Å². The summed E-state index contributed by atoms with van der Waals surface area (Å²) < 4.78 is 0. The molecule has 0 rings (SSSR count). The van der Waals surface area contributed by atoms with E-state index in [2.05, 4.69) is 0 Å². The monoisotopic (exact) mass is 394 g/mol. The van der Waals surface area contributed by atoms with Crippen molar-refractivity contribution in [3.63, 3.8) is 0 Å². The number of rotatable bonds is 0. The fraction of sp³-hybridized carbons (Fsp3) is 0. The Hall–Kier alpha value is 3.96. The minimum atomic E-state index is 0. The molecule has 0 aliphatic heterocycles. The number of hydrogen-bond donors (Lipinski definition) is 0. The van der Waals surface area contributed by atoms with Gasteiger partial charge in [-0.05, 0) is 0 Å². The van der Waals surface area contributed by atoms with Crippen LogP contribution in [0.5, 0.6) is 0 Å². The van der Waals surface area contributed by atoms with Crippen molar-refractivity contribution in [1.82, 2.24) is 0 Å². The van der Waals surface area contributed by atoms with Crippen LogP contribution in [0.25, 0.3) is 0 Å². The molecule has 0 atom stereocenters. The molecule has 0 nitrogen and oxygen atoms in total. The zero-order valence-electron chi connectivity index (χ0n) is 3.39. The van der Waals surface area contributed by atoms with Crippen LogP contribution in [-0.4, -0.2) is 0 Å². The van der Waals surface area contributed by atoms with Crippen LogP contribution in [0.15, 0.2) is 0 Å². The van der Waals surface area contributed by atoms with E-state index in [4.69, 9.17) is 0 Å². The van der Waals surface area contributed by atoms with Crippen molar-refractivity contribution in [3.8, 4) is 0 Å². The standard InChI is InChI=1S/5ClH.Hf.K/h5*1H;;/q;;;;;+4;+1/p-5. The largest absolute Gasteiger partial charge is 4.00 e. The second-order valence-electron chi connectivity index (χ2n) is 0. The molecule has 0 bridgehead atoms. The summed E-state index contributed by atoms with van der Waals surface area (Å²) >= 11 is 0. The minimum Gasteiger partial charge on any atom is -1.00 e. The van der Waals surface area contributed by atoms with Crippen LogP contribution in [0.4, 0.5) is 0 Å². The third-order valence-corrected chi connectivity index (χ3v) is 0. The first kappa shape index (κ1) is 69.4. The van der Waals surface area contributed by atoms with Crippen molar-refractivity contribution in [3.05, 3.63) is 0 Å². The van der Waals surface area contributed by atoms with Gasteiger partial charge in [0.15, 0.2) is 0 Å². The molecule has 0 spiro atoms. The first-order valence-corrected chi connectivity index (χ1v) is 0. The Balaban J connectivity index is 0. The third-order valence-electron chi connectivity index (χ3n) is 0. The van der Waals surface area contributed by atoms with Crippen molar-refractivity contribution in [2.75, 3.05) is 0 Å². The molecule has 0 heterocycles. The summed E-state index contributed by atoms with van der Waals surface area (Å²) in [4.78, 5) is 0. The average molecular weight is 395 g/mol. The van der Waals surface area contributed by atoms with Crippen molar-refractivity contribution in [1.29, 1.82) is 0 Å². The maximum absolute atomic E-state index is 0. The fourth-order valence-corrected chi connectivity index (χ4v) is 0. The van der Waals surface area contributed by atoms with Gasteiger partial charge in [0.2, 0.25) is 0 Å². The smallest absolute Gasteiger partial charge is 1.00 e. The van der Waals surface area contributed by atoms with Gasteiger partial charge in [-0.1, -0.05) is 0 Å². The second-order valence-corrected chi connectivity index (χ2v) is 0. The van der Waals surface area contributed by atoms with E-state index in [1.165, 1.54) is 0 Å². The molecule has 0 N–H and O–H groups in total. The molecule has 7 heteroatoms. The third kappa shape index (κ3) is 40.3. The first-order chi connectivity index (χ1) is 0.